The number of hydrogen-bond donors (Lipinski definition) is 1. The SMILES string of the molecule is Cn1nccc1CCN1CCC(NC2CC2)C1=O. The number of aromatic nitrogens is 2. The highest BCUT2D eigenvalue weighted by molar-refractivity contribution is 5.84. The minimum absolute atomic E-state index is 0.0732. The predicted molar refractivity (Wildman–Crippen MR) is 68.1 cm³/mol. The van der Waals surface area contributed by atoms with Crippen LogP contribution in [0.4, 0.5) is 0 Å². The van der Waals surface area contributed by atoms with Crippen molar-refractivity contribution in [2.75, 3.05) is 13.1 Å². The zero-order valence-electron chi connectivity index (χ0n) is 10.8. The van der Waals surface area contributed by atoms with Crippen LogP contribution in [0, 0.1) is 0 Å². The molecule has 1 aliphatic heterocycles. The fraction of sp³-hybridized carbons (Fsp3) is 0.692. The molecule has 1 aliphatic carbocycles. The smallest absolute Gasteiger partial charge is 0.239 e. The number of nitrogens with one attached hydrogen (secondary N) is 1. The zero-order valence-corrected chi connectivity index (χ0v) is 10.8. The molecule has 1 saturated heterocycles. The van der Waals surface area contributed by atoms with Crippen molar-refractivity contribution in [3.63, 3.8) is 0 Å². The highest BCUT2D eigenvalue weighted by atomic mass is 16.2. The van der Waals surface area contributed by atoms with E-state index >= 15 is 0 Å². The van der Waals surface area contributed by atoms with Crippen molar-refractivity contribution < 1.29 is 4.79 Å². The summed E-state index contributed by atoms with van der Waals surface area (Å²) in [5.74, 6) is 0.282. The van der Waals surface area contributed by atoms with Gasteiger partial charge in [0.15, 0.2) is 0 Å². The van der Waals surface area contributed by atoms with E-state index in [0.717, 1.165) is 25.9 Å². The number of likely N-dealkylation sites (tertiary alicyclic amines) is 1. The van der Waals surface area contributed by atoms with Gasteiger partial charge in [-0.15, -0.1) is 0 Å². The Bertz CT molecular complexity index is 438. The maximum Gasteiger partial charge on any atom is 0.239 e. The Morgan fingerprint density at radius 2 is 2.28 bits per heavy atom. The van der Waals surface area contributed by atoms with E-state index in [-0.39, 0.29) is 11.9 Å². The van der Waals surface area contributed by atoms with Crippen molar-refractivity contribution >= 4 is 5.91 Å². The van der Waals surface area contributed by atoms with Gasteiger partial charge in [0.2, 0.25) is 5.91 Å². The molecule has 0 spiro atoms. The molecule has 5 heteroatoms. The molecule has 3 rings (SSSR count). The number of amides is 1. The van der Waals surface area contributed by atoms with Gasteiger partial charge in [0.1, 0.15) is 0 Å². The average molecular weight is 248 g/mol. The normalized spacial score (nSPS) is 23.9. The first-order valence-corrected chi connectivity index (χ1v) is 6.76. The second-order valence-corrected chi connectivity index (χ2v) is 5.30. The van der Waals surface area contributed by atoms with Gasteiger partial charge in [0.25, 0.3) is 0 Å². The lowest BCUT2D eigenvalue weighted by molar-refractivity contribution is -0.129. The molecule has 0 radical (unpaired) electrons. The summed E-state index contributed by atoms with van der Waals surface area (Å²) in [6, 6.07) is 2.69. The van der Waals surface area contributed by atoms with Crippen molar-refractivity contribution in [3.8, 4) is 0 Å². The van der Waals surface area contributed by atoms with Crippen molar-refractivity contribution in [1.29, 1.82) is 0 Å². The monoisotopic (exact) mass is 248 g/mol. The summed E-state index contributed by atoms with van der Waals surface area (Å²) in [6.45, 7) is 1.70. The van der Waals surface area contributed by atoms with E-state index in [0.29, 0.717) is 6.04 Å². The van der Waals surface area contributed by atoms with E-state index in [1.54, 1.807) is 6.20 Å². The highest BCUT2D eigenvalue weighted by Gasteiger charge is 2.35. The highest BCUT2D eigenvalue weighted by Crippen LogP contribution is 2.22. The predicted octanol–water partition coefficient (Wildman–Crippen LogP) is 0.315. The summed E-state index contributed by atoms with van der Waals surface area (Å²) >= 11 is 0. The third kappa shape index (κ3) is 2.41. The maximum atomic E-state index is 12.2. The molecular weight excluding hydrogens is 228 g/mol. The first-order valence-electron chi connectivity index (χ1n) is 6.76. The van der Waals surface area contributed by atoms with Gasteiger partial charge < -0.3 is 10.2 Å². The Hall–Kier alpha value is -1.36. The number of carbonyl (C=O) groups excluding carboxylic acids is 1. The van der Waals surface area contributed by atoms with E-state index in [4.69, 9.17) is 0 Å². The number of carbonyl (C=O) groups is 1. The molecule has 1 aromatic rings. The Balaban J connectivity index is 1.51. The molecule has 2 aliphatic rings. The van der Waals surface area contributed by atoms with Crippen molar-refractivity contribution in [2.45, 2.75) is 37.8 Å². The summed E-state index contributed by atoms with van der Waals surface area (Å²) in [5.41, 5.74) is 1.18. The van der Waals surface area contributed by atoms with Crippen molar-refractivity contribution in [3.05, 3.63) is 18.0 Å². The average Bonchev–Trinajstić information content (AvgIpc) is 2.99. The van der Waals surface area contributed by atoms with Crippen LogP contribution in [-0.4, -0.2) is 45.8 Å². The van der Waals surface area contributed by atoms with Crippen LogP contribution in [0.3, 0.4) is 0 Å². The Kier molecular flexibility index (Phi) is 3.07. The minimum atomic E-state index is 0.0732. The molecule has 98 valence electrons. The summed E-state index contributed by atoms with van der Waals surface area (Å²) in [7, 11) is 1.94. The van der Waals surface area contributed by atoms with Crippen LogP contribution in [0.5, 0.6) is 0 Å². The molecule has 1 aromatic heterocycles. The van der Waals surface area contributed by atoms with Gasteiger partial charge in [-0.3, -0.25) is 9.48 Å². The topological polar surface area (TPSA) is 50.2 Å². The minimum Gasteiger partial charge on any atom is -0.341 e. The third-order valence-corrected chi connectivity index (χ3v) is 3.87. The van der Waals surface area contributed by atoms with Gasteiger partial charge in [-0.1, -0.05) is 0 Å². The first-order chi connectivity index (χ1) is 8.74. The van der Waals surface area contributed by atoms with Crippen LogP contribution >= 0.6 is 0 Å². The lowest BCUT2D eigenvalue weighted by Gasteiger charge is -2.17. The van der Waals surface area contributed by atoms with Gasteiger partial charge in [-0.25, -0.2) is 0 Å². The summed E-state index contributed by atoms with van der Waals surface area (Å²) in [5, 5.41) is 7.57. The van der Waals surface area contributed by atoms with E-state index < -0.39 is 0 Å². The number of rotatable bonds is 5. The summed E-state index contributed by atoms with van der Waals surface area (Å²) in [4.78, 5) is 14.1. The third-order valence-electron chi connectivity index (χ3n) is 3.87. The van der Waals surface area contributed by atoms with Crippen molar-refractivity contribution in [2.24, 2.45) is 7.05 Å². The lowest BCUT2D eigenvalue weighted by atomic mass is 10.2. The largest absolute Gasteiger partial charge is 0.341 e. The molecule has 2 fully saturated rings. The van der Waals surface area contributed by atoms with E-state index in [9.17, 15) is 4.79 Å². The lowest BCUT2D eigenvalue weighted by Crippen LogP contribution is -2.40. The summed E-state index contributed by atoms with van der Waals surface area (Å²) in [6.07, 6.45) is 6.12. The van der Waals surface area contributed by atoms with Gasteiger partial charge in [-0.05, 0) is 25.3 Å². The fourth-order valence-corrected chi connectivity index (χ4v) is 2.55. The van der Waals surface area contributed by atoms with Gasteiger partial charge in [0.05, 0.1) is 6.04 Å². The molecule has 1 atom stereocenters. The summed E-state index contributed by atoms with van der Waals surface area (Å²) < 4.78 is 1.88. The van der Waals surface area contributed by atoms with Crippen molar-refractivity contribution in [1.82, 2.24) is 20.0 Å². The number of hydrogen-bond acceptors (Lipinski definition) is 3. The molecule has 2 heterocycles. The quantitative estimate of drug-likeness (QED) is 0.816. The Labute approximate surface area is 107 Å². The Morgan fingerprint density at radius 1 is 1.44 bits per heavy atom. The number of aryl methyl sites for hydroxylation is 1. The molecule has 0 aromatic carbocycles. The van der Waals surface area contributed by atoms with Crippen LogP contribution in [0.1, 0.15) is 25.0 Å². The second kappa shape index (κ2) is 4.72. The van der Waals surface area contributed by atoms with Crippen LogP contribution in [0.15, 0.2) is 12.3 Å². The number of nitrogens with zero attached hydrogens (tertiary/aromatic N) is 3. The maximum absolute atomic E-state index is 12.2. The van der Waals surface area contributed by atoms with Crippen LogP contribution in [0.2, 0.25) is 0 Å². The van der Waals surface area contributed by atoms with Crippen LogP contribution in [0.25, 0.3) is 0 Å². The Morgan fingerprint density at radius 3 is 2.94 bits per heavy atom. The van der Waals surface area contributed by atoms with Crippen LogP contribution in [-0.2, 0) is 18.3 Å². The van der Waals surface area contributed by atoms with E-state index in [2.05, 4.69) is 10.4 Å². The first kappa shape index (κ1) is 11.7. The zero-order chi connectivity index (χ0) is 12.5. The van der Waals surface area contributed by atoms with Gasteiger partial charge in [-0.2, -0.15) is 5.10 Å². The molecule has 18 heavy (non-hydrogen) atoms. The van der Waals surface area contributed by atoms with Gasteiger partial charge in [0, 0.05) is 44.5 Å². The van der Waals surface area contributed by atoms with Gasteiger partial charge >= 0.3 is 0 Å². The molecule has 0 bridgehead atoms. The molecule has 1 amide bonds. The van der Waals surface area contributed by atoms with E-state index in [1.165, 1.54) is 18.5 Å². The van der Waals surface area contributed by atoms with E-state index in [1.807, 2.05) is 22.7 Å². The molecule has 1 N–H and O–H groups in total. The molecule has 1 unspecified atom stereocenters. The molecule has 1 saturated carbocycles. The second-order valence-electron chi connectivity index (χ2n) is 5.30. The molecule has 5 nitrogen and oxygen atoms in total. The fourth-order valence-electron chi connectivity index (χ4n) is 2.55. The molecular formula is C13H20N4O. The van der Waals surface area contributed by atoms with Crippen LogP contribution < -0.4 is 5.32 Å². The standard InChI is InChI=1S/C13H20N4O/c1-16-11(4-7-14-16)5-8-17-9-6-12(13(17)18)15-10-2-3-10/h4,7,10,12,15H,2-3,5-6,8-9H2,1H3.